The fourth-order valence-electron chi connectivity index (χ4n) is 8.32. The summed E-state index contributed by atoms with van der Waals surface area (Å²) < 4.78 is 61.8. The van der Waals surface area contributed by atoms with Crippen molar-refractivity contribution in [3.8, 4) is 28.3 Å². The summed E-state index contributed by atoms with van der Waals surface area (Å²) in [5.41, 5.74) is 10.6. The molecule has 6 aromatic rings. The van der Waals surface area contributed by atoms with E-state index in [1.54, 1.807) is 38.4 Å². The molecular formula is C46H54N6O5S4. The molecule has 11 nitrogen and oxygen atoms in total. The van der Waals surface area contributed by atoms with E-state index in [1.165, 1.54) is 5.56 Å². The van der Waals surface area contributed by atoms with Gasteiger partial charge in [-0.3, -0.25) is 0 Å². The van der Waals surface area contributed by atoms with Crippen LogP contribution in [0.4, 0.5) is 10.3 Å². The number of anilines is 2. The third-order valence-electron chi connectivity index (χ3n) is 11.1. The van der Waals surface area contributed by atoms with Crippen LogP contribution in [0.3, 0.4) is 0 Å². The summed E-state index contributed by atoms with van der Waals surface area (Å²) in [5.74, 6) is 0.799. The van der Waals surface area contributed by atoms with E-state index < -0.39 is 20.0 Å². The van der Waals surface area contributed by atoms with Gasteiger partial charge in [-0.05, 0) is 88.9 Å². The number of hydrogen-bond acceptors (Lipinski definition) is 11. The molecule has 2 aliphatic heterocycles. The zero-order chi connectivity index (χ0) is 43.6. The Balaban J connectivity index is 0.000000184. The smallest absolute Gasteiger partial charge is 0.243 e. The Morgan fingerprint density at radius 3 is 1.30 bits per heavy atom. The van der Waals surface area contributed by atoms with Crippen molar-refractivity contribution in [1.82, 2.24) is 18.6 Å². The lowest BCUT2D eigenvalue weighted by Crippen LogP contribution is -2.48. The average Bonchev–Trinajstić information content (AvgIpc) is 3.92. The van der Waals surface area contributed by atoms with Gasteiger partial charge in [0, 0.05) is 74.2 Å². The van der Waals surface area contributed by atoms with Gasteiger partial charge in [0.25, 0.3) is 0 Å². The van der Waals surface area contributed by atoms with Crippen molar-refractivity contribution in [2.24, 2.45) is 0 Å². The van der Waals surface area contributed by atoms with Crippen molar-refractivity contribution >= 4 is 53.0 Å². The van der Waals surface area contributed by atoms with Crippen molar-refractivity contribution in [3.05, 3.63) is 123 Å². The molecule has 4 aromatic carbocycles. The fraction of sp³-hybridized carbons (Fsp3) is 0.348. The average molecular weight is 899 g/mol. The van der Waals surface area contributed by atoms with Crippen molar-refractivity contribution in [2.75, 3.05) is 69.3 Å². The summed E-state index contributed by atoms with van der Waals surface area (Å²) in [6, 6.07) is 23.9. The first kappa shape index (κ1) is 44.4. The molecule has 15 heteroatoms. The Hall–Kier alpha value is -4.64. The van der Waals surface area contributed by atoms with Crippen LogP contribution in [0.25, 0.3) is 22.5 Å². The minimum absolute atomic E-state index is 0.445. The van der Waals surface area contributed by atoms with Crippen LogP contribution < -0.4 is 14.5 Å². The number of benzene rings is 4. The molecule has 2 aliphatic rings. The zero-order valence-corrected chi connectivity index (χ0v) is 39.4. The van der Waals surface area contributed by atoms with Crippen LogP contribution in [0.5, 0.6) is 5.75 Å². The second-order valence-corrected chi connectivity index (χ2v) is 21.3. The van der Waals surface area contributed by atoms with Gasteiger partial charge in [-0.25, -0.2) is 26.8 Å². The highest BCUT2D eigenvalue weighted by atomic mass is 32.2. The third kappa shape index (κ3) is 9.72. The largest absolute Gasteiger partial charge is 0.497 e. The topological polar surface area (TPSA) is 116 Å². The van der Waals surface area contributed by atoms with Crippen LogP contribution in [0.2, 0.25) is 0 Å². The van der Waals surface area contributed by atoms with E-state index in [2.05, 4.69) is 40.3 Å². The Kier molecular flexibility index (Phi) is 13.4. The molecule has 322 valence electrons. The van der Waals surface area contributed by atoms with Crippen LogP contribution in [0.15, 0.2) is 93.3 Å². The number of thiazole rings is 2. The molecule has 0 amide bonds. The molecule has 4 heterocycles. The summed E-state index contributed by atoms with van der Waals surface area (Å²) in [7, 11) is -5.36. The fourth-order valence-corrected chi connectivity index (χ4v) is 13.8. The van der Waals surface area contributed by atoms with Crippen molar-refractivity contribution in [2.45, 2.75) is 58.3 Å². The number of nitrogens with zero attached hydrogens (tertiary/aromatic N) is 6. The Bertz CT molecular complexity index is 2700. The Morgan fingerprint density at radius 2 is 0.902 bits per heavy atom. The maximum Gasteiger partial charge on any atom is 0.243 e. The van der Waals surface area contributed by atoms with Gasteiger partial charge in [-0.15, -0.1) is 22.7 Å². The summed E-state index contributed by atoms with van der Waals surface area (Å²) in [6.45, 7) is 17.9. The van der Waals surface area contributed by atoms with Gasteiger partial charge in [0.05, 0.1) is 28.3 Å². The molecule has 2 aromatic heterocycles. The van der Waals surface area contributed by atoms with Gasteiger partial charge in [0.2, 0.25) is 20.0 Å². The van der Waals surface area contributed by atoms with E-state index >= 15 is 0 Å². The molecule has 0 N–H and O–H groups in total. The second-order valence-electron chi connectivity index (χ2n) is 15.9. The Morgan fingerprint density at radius 1 is 0.508 bits per heavy atom. The molecule has 0 saturated carbocycles. The SMILES string of the molecule is COc1cccc(-c2csc(N3CCN(S(=O)(=O)c4c(C)cc(C)cc4C)CC3)n2)c1.Cc1cccc(-c2csc(N3CCN(S(=O)(=O)c4c(C)cc(C)cc4C)CC3)n2)c1. The number of piperazine rings is 2. The molecule has 8 rings (SSSR count). The number of sulfonamides is 2. The van der Waals surface area contributed by atoms with Crippen molar-refractivity contribution in [3.63, 3.8) is 0 Å². The lowest BCUT2D eigenvalue weighted by atomic mass is 10.1. The van der Waals surface area contributed by atoms with Crippen molar-refractivity contribution < 1.29 is 21.6 Å². The second kappa shape index (κ2) is 18.4. The molecular weight excluding hydrogens is 845 g/mol. The van der Waals surface area contributed by atoms with Crippen molar-refractivity contribution in [1.29, 1.82) is 0 Å². The standard InChI is InChI=1S/C23H27N3O3S2.C23H27N3O2S2/c1-16-12-17(2)22(18(3)13-16)31(27,28)26-10-8-25(9-11-26)23-24-21(15-30-23)19-6-5-7-20(14-19)29-4;1-16-6-5-7-20(14-16)21-15-29-23(24-21)25-8-10-26(11-9-25)30(27,28)22-18(3)12-17(2)13-19(22)4/h5-7,12-15H,8-11H2,1-4H3;5-7,12-15H,8-11H2,1-4H3. The van der Waals surface area contributed by atoms with Gasteiger partial charge in [0.15, 0.2) is 10.3 Å². The van der Waals surface area contributed by atoms with E-state index in [1.807, 2.05) is 102 Å². The molecule has 0 aliphatic carbocycles. The predicted octanol–water partition coefficient (Wildman–Crippen LogP) is 8.81. The van der Waals surface area contributed by atoms with Crippen LogP contribution in [-0.2, 0) is 20.0 Å². The molecule has 0 radical (unpaired) electrons. The molecule has 0 spiro atoms. The molecule has 0 unspecified atom stereocenters. The van der Waals surface area contributed by atoms with Crippen LogP contribution in [0, 0.1) is 48.5 Å². The maximum absolute atomic E-state index is 13.3. The van der Waals surface area contributed by atoms with Crippen LogP contribution in [0.1, 0.15) is 38.9 Å². The number of methoxy groups -OCH3 is 1. The number of aromatic nitrogens is 2. The number of ether oxygens (including phenoxy) is 1. The van der Waals surface area contributed by atoms with E-state index in [0.29, 0.717) is 62.1 Å². The van der Waals surface area contributed by atoms with Crippen LogP contribution >= 0.6 is 22.7 Å². The van der Waals surface area contributed by atoms with E-state index in [-0.39, 0.29) is 0 Å². The minimum atomic E-state index is -3.52. The molecule has 0 atom stereocenters. The highest BCUT2D eigenvalue weighted by Gasteiger charge is 2.33. The molecule has 0 bridgehead atoms. The van der Waals surface area contributed by atoms with Gasteiger partial charge in [-0.1, -0.05) is 71.3 Å². The number of aryl methyl sites for hydroxylation is 7. The normalized spacial score (nSPS) is 15.4. The van der Waals surface area contributed by atoms with Gasteiger partial charge in [-0.2, -0.15) is 8.61 Å². The van der Waals surface area contributed by atoms with Gasteiger partial charge >= 0.3 is 0 Å². The first-order chi connectivity index (χ1) is 29.0. The van der Waals surface area contributed by atoms with Gasteiger partial charge < -0.3 is 14.5 Å². The van der Waals surface area contributed by atoms with E-state index in [0.717, 1.165) is 71.9 Å². The summed E-state index contributed by atoms with van der Waals surface area (Å²) >= 11 is 3.20. The minimum Gasteiger partial charge on any atom is -0.497 e. The summed E-state index contributed by atoms with van der Waals surface area (Å²) in [5, 5.41) is 5.97. The third-order valence-corrected chi connectivity index (χ3v) is 17.3. The first-order valence-electron chi connectivity index (χ1n) is 20.3. The van der Waals surface area contributed by atoms with E-state index in [9.17, 15) is 16.8 Å². The summed E-state index contributed by atoms with van der Waals surface area (Å²) in [6.07, 6.45) is 0. The summed E-state index contributed by atoms with van der Waals surface area (Å²) in [4.78, 5) is 14.8. The number of hydrogen-bond donors (Lipinski definition) is 0. The van der Waals surface area contributed by atoms with Gasteiger partial charge in [0.1, 0.15) is 5.75 Å². The first-order valence-corrected chi connectivity index (χ1v) is 25.0. The highest BCUT2D eigenvalue weighted by Crippen LogP contribution is 2.33. The Labute approximate surface area is 369 Å². The highest BCUT2D eigenvalue weighted by molar-refractivity contribution is 7.89. The maximum atomic E-state index is 13.3. The predicted molar refractivity (Wildman–Crippen MR) is 250 cm³/mol. The lowest BCUT2D eigenvalue weighted by molar-refractivity contribution is 0.384. The molecule has 61 heavy (non-hydrogen) atoms. The monoisotopic (exact) mass is 898 g/mol. The van der Waals surface area contributed by atoms with E-state index in [4.69, 9.17) is 14.7 Å². The molecule has 2 saturated heterocycles. The quantitative estimate of drug-likeness (QED) is 0.140. The molecule has 2 fully saturated rings. The zero-order valence-electron chi connectivity index (χ0n) is 36.1. The van der Waals surface area contributed by atoms with Crippen LogP contribution in [-0.4, -0.2) is 94.9 Å². The number of rotatable bonds is 9. The lowest BCUT2D eigenvalue weighted by Gasteiger charge is -2.34.